The predicted molar refractivity (Wildman–Crippen MR) is 122 cm³/mol. The van der Waals surface area contributed by atoms with Crippen molar-refractivity contribution >= 4 is 34.1 Å². The Morgan fingerprint density at radius 1 is 0.935 bits per heavy atom. The summed E-state index contributed by atoms with van der Waals surface area (Å²) in [6.45, 7) is 4.05. The van der Waals surface area contributed by atoms with Crippen molar-refractivity contribution in [1.82, 2.24) is 5.32 Å². The monoisotopic (exact) mass is 436 g/mol. The first-order valence-corrected chi connectivity index (χ1v) is 10.8. The lowest BCUT2D eigenvalue weighted by molar-refractivity contribution is 0.0527. The smallest absolute Gasteiger partial charge is 0.341 e. The first kappa shape index (κ1) is 22.2. The highest BCUT2D eigenvalue weighted by Gasteiger charge is 2.26. The van der Waals surface area contributed by atoms with Crippen LogP contribution in [0.15, 0.2) is 60.7 Å². The molecule has 0 aliphatic rings. The maximum atomic E-state index is 12.8. The number of esters is 1. The molecule has 3 rings (SSSR count). The molecule has 0 saturated carbocycles. The summed E-state index contributed by atoms with van der Waals surface area (Å²) in [6.07, 6.45) is 0.694. The van der Waals surface area contributed by atoms with E-state index >= 15 is 0 Å². The molecule has 1 heterocycles. The molecule has 160 valence electrons. The SMILES string of the molecule is CCOC(=O)c1c(NC(=O)c2ccccc2)sc(C(=O)NCCc2ccccc2)c1C. The molecule has 7 heteroatoms. The van der Waals surface area contributed by atoms with E-state index in [9.17, 15) is 14.4 Å². The zero-order valence-corrected chi connectivity index (χ0v) is 18.3. The third-order valence-corrected chi connectivity index (χ3v) is 5.84. The van der Waals surface area contributed by atoms with Crippen LogP contribution in [-0.4, -0.2) is 30.9 Å². The Bertz CT molecular complexity index is 1060. The zero-order valence-electron chi connectivity index (χ0n) is 17.4. The van der Waals surface area contributed by atoms with E-state index in [1.165, 1.54) is 0 Å². The van der Waals surface area contributed by atoms with Crippen LogP contribution in [0.3, 0.4) is 0 Å². The standard InChI is InChI=1S/C24H24N2O4S/c1-3-30-24(29)19-16(2)20(22(28)25-15-14-17-10-6-4-7-11-17)31-23(19)26-21(27)18-12-8-5-9-13-18/h4-13H,3,14-15H2,1-2H3,(H,25,28)(H,26,27). The fourth-order valence-corrected chi connectivity index (χ4v) is 4.18. The number of anilines is 1. The number of hydrogen-bond donors (Lipinski definition) is 2. The lowest BCUT2D eigenvalue weighted by Crippen LogP contribution is -2.25. The third kappa shape index (κ3) is 5.58. The highest BCUT2D eigenvalue weighted by atomic mass is 32.1. The Balaban J connectivity index is 1.80. The molecule has 6 nitrogen and oxygen atoms in total. The molecule has 0 atom stereocenters. The average molecular weight is 437 g/mol. The second-order valence-corrected chi connectivity index (χ2v) is 7.81. The largest absolute Gasteiger partial charge is 0.462 e. The summed E-state index contributed by atoms with van der Waals surface area (Å²) in [6, 6.07) is 18.5. The van der Waals surface area contributed by atoms with E-state index in [2.05, 4.69) is 10.6 Å². The minimum Gasteiger partial charge on any atom is -0.462 e. The minimum atomic E-state index is -0.567. The predicted octanol–water partition coefficient (Wildman–Crippen LogP) is 4.46. The van der Waals surface area contributed by atoms with E-state index in [4.69, 9.17) is 4.74 Å². The van der Waals surface area contributed by atoms with Gasteiger partial charge in [-0.25, -0.2) is 4.79 Å². The van der Waals surface area contributed by atoms with Crippen LogP contribution in [0.5, 0.6) is 0 Å². The first-order valence-electron chi connectivity index (χ1n) is 10.00. The minimum absolute atomic E-state index is 0.193. The van der Waals surface area contributed by atoms with Gasteiger partial charge in [0.25, 0.3) is 11.8 Å². The number of nitrogens with one attached hydrogen (secondary N) is 2. The van der Waals surface area contributed by atoms with Gasteiger partial charge in [-0.1, -0.05) is 48.5 Å². The van der Waals surface area contributed by atoms with Crippen LogP contribution >= 0.6 is 11.3 Å². The molecule has 2 amide bonds. The van der Waals surface area contributed by atoms with Gasteiger partial charge in [-0.05, 0) is 43.5 Å². The van der Waals surface area contributed by atoms with Crippen molar-refractivity contribution in [2.24, 2.45) is 0 Å². The maximum Gasteiger partial charge on any atom is 0.341 e. The summed E-state index contributed by atoms with van der Waals surface area (Å²) in [5.41, 5.74) is 2.28. The maximum absolute atomic E-state index is 12.8. The van der Waals surface area contributed by atoms with Crippen LogP contribution in [0.4, 0.5) is 5.00 Å². The molecule has 0 unspecified atom stereocenters. The molecule has 0 fully saturated rings. The van der Waals surface area contributed by atoms with Gasteiger partial charge in [0.2, 0.25) is 0 Å². The lowest BCUT2D eigenvalue weighted by atomic mass is 10.1. The van der Waals surface area contributed by atoms with Crippen LogP contribution in [0.1, 0.15) is 48.4 Å². The van der Waals surface area contributed by atoms with Crippen molar-refractivity contribution in [2.75, 3.05) is 18.5 Å². The van der Waals surface area contributed by atoms with E-state index in [1.54, 1.807) is 38.1 Å². The fourth-order valence-electron chi connectivity index (χ4n) is 3.08. The summed E-state index contributed by atoms with van der Waals surface area (Å²) in [4.78, 5) is 38.3. The Labute approximate surface area is 185 Å². The molecule has 2 aromatic carbocycles. The summed E-state index contributed by atoms with van der Waals surface area (Å²) in [5.74, 6) is -1.21. The Morgan fingerprint density at radius 3 is 2.23 bits per heavy atom. The number of carbonyl (C=O) groups is 3. The van der Waals surface area contributed by atoms with Crippen molar-refractivity contribution in [3.05, 3.63) is 87.8 Å². The van der Waals surface area contributed by atoms with Crippen molar-refractivity contribution in [3.63, 3.8) is 0 Å². The van der Waals surface area contributed by atoms with Crippen LogP contribution in [0.2, 0.25) is 0 Å². The molecule has 2 N–H and O–H groups in total. The third-order valence-electron chi connectivity index (χ3n) is 4.64. The topological polar surface area (TPSA) is 84.5 Å². The van der Waals surface area contributed by atoms with Crippen LogP contribution in [0, 0.1) is 6.92 Å². The van der Waals surface area contributed by atoms with Crippen LogP contribution < -0.4 is 10.6 Å². The van der Waals surface area contributed by atoms with Crippen molar-refractivity contribution < 1.29 is 19.1 Å². The number of amides is 2. The molecule has 0 spiro atoms. The van der Waals surface area contributed by atoms with Crippen molar-refractivity contribution in [2.45, 2.75) is 20.3 Å². The fraction of sp³-hybridized carbons (Fsp3) is 0.208. The quantitative estimate of drug-likeness (QED) is 0.511. The van der Waals surface area contributed by atoms with Gasteiger partial charge in [0, 0.05) is 12.1 Å². The molecule has 0 saturated heterocycles. The van der Waals surface area contributed by atoms with Crippen molar-refractivity contribution in [1.29, 1.82) is 0 Å². The van der Waals surface area contributed by atoms with E-state index < -0.39 is 5.97 Å². The molecular formula is C24H24N2O4S. The van der Waals surface area contributed by atoms with E-state index in [1.807, 2.05) is 36.4 Å². The lowest BCUT2D eigenvalue weighted by Gasteiger charge is -2.07. The van der Waals surface area contributed by atoms with Gasteiger partial charge >= 0.3 is 5.97 Å². The summed E-state index contributed by atoms with van der Waals surface area (Å²) < 4.78 is 5.15. The summed E-state index contributed by atoms with van der Waals surface area (Å²) in [5, 5.41) is 5.96. The number of benzene rings is 2. The van der Waals surface area contributed by atoms with E-state index in [0.29, 0.717) is 34.0 Å². The summed E-state index contributed by atoms with van der Waals surface area (Å²) >= 11 is 1.07. The number of carbonyl (C=O) groups excluding carboxylic acids is 3. The second kappa shape index (κ2) is 10.5. The molecule has 0 aliphatic carbocycles. The van der Waals surface area contributed by atoms with Gasteiger partial charge < -0.3 is 15.4 Å². The number of ether oxygens (including phenoxy) is 1. The Hall–Kier alpha value is -3.45. The molecular weight excluding hydrogens is 412 g/mol. The second-order valence-electron chi connectivity index (χ2n) is 6.79. The van der Waals surface area contributed by atoms with Gasteiger partial charge in [-0.15, -0.1) is 11.3 Å². The van der Waals surface area contributed by atoms with Crippen LogP contribution in [0.25, 0.3) is 0 Å². The molecule has 0 radical (unpaired) electrons. The van der Waals surface area contributed by atoms with Crippen molar-refractivity contribution in [3.8, 4) is 0 Å². The van der Waals surface area contributed by atoms with Gasteiger partial charge in [0.15, 0.2) is 0 Å². The normalized spacial score (nSPS) is 10.4. The van der Waals surface area contributed by atoms with E-state index in [0.717, 1.165) is 16.9 Å². The average Bonchev–Trinajstić information content (AvgIpc) is 3.11. The molecule has 1 aromatic heterocycles. The zero-order chi connectivity index (χ0) is 22.2. The highest BCUT2D eigenvalue weighted by Crippen LogP contribution is 2.34. The van der Waals surface area contributed by atoms with Gasteiger partial charge in [-0.2, -0.15) is 0 Å². The van der Waals surface area contributed by atoms with Gasteiger partial charge in [0.05, 0.1) is 17.0 Å². The molecule has 3 aromatic rings. The highest BCUT2D eigenvalue weighted by molar-refractivity contribution is 7.18. The molecule has 0 bridgehead atoms. The molecule has 31 heavy (non-hydrogen) atoms. The Kier molecular flexibility index (Phi) is 7.56. The number of hydrogen-bond acceptors (Lipinski definition) is 5. The first-order chi connectivity index (χ1) is 15.0. The Morgan fingerprint density at radius 2 is 1.58 bits per heavy atom. The van der Waals surface area contributed by atoms with Gasteiger partial charge in [-0.3, -0.25) is 9.59 Å². The van der Waals surface area contributed by atoms with E-state index in [-0.39, 0.29) is 24.0 Å². The summed E-state index contributed by atoms with van der Waals surface area (Å²) in [7, 11) is 0. The van der Waals surface area contributed by atoms with Crippen LogP contribution in [-0.2, 0) is 11.2 Å². The van der Waals surface area contributed by atoms with Gasteiger partial charge in [0.1, 0.15) is 5.00 Å². The molecule has 0 aliphatic heterocycles. The number of rotatable bonds is 8. The number of thiophene rings is 1.